The van der Waals surface area contributed by atoms with Crippen molar-refractivity contribution in [3.8, 4) is 11.5 Å². The van der Waals surface area contributed by atoms with E-state index in [1.165, 1.54) is 5.56 Å². The molecule has 0 fully saturated rings. The fraction of sp³-hybridized carbons (Fsp3) is 0.409. The maximum absolute atomic E-state index is 12.0. The van der Waals surface area contributed by atoms with Crippen molar-refractivity contribution >= 4 is 17.5 Å². The van der Waals surface area contributed by atoms with Gasteiger partial charge in [-0.2, -0.15) is 0 Å². The number of hydrogen-bond acceptors (Lipinski definition) is 4. The zero-order chi connectivity index (χ0) is 20.7. The van der Waals surface area contributed by atoms with Crippen LogP contribution in [0.1, 0.15) is 44.9 Å². The number of carbonyl (C=O) groups is 1. The number of nitrogens with one attached hydrogen (secondary N) is 2. The van der Waals surface area contributed by atoms with Crippen LogP contribution in [0.25, 0.3) is 0 Å². The van der Waals surface area contributed by atoms with Crippen LogP contribution in [0.4, 0.5) is 0 Å². The second-order valence-electron chi connectivity index (χ2n) is 7.69. The average molecular weight is 405 g/mol. The Balaban J connectivity index is 2.03. The molecule has 28 heavy (non-hydrogen) atoms. The third-order valence-corrected chi connectivity index (χ3v) is 4.46. The molecule has 2 aromatic rings. The van der Waals surface area contributed by atoms with E-state index in [9.17, 15) is 4.79 Å². The van der Waals surface area contributed by atoms with Crippen LogP contribution >= 0.6 is 11.6 Å². The molecule has 1 atom stereocenters. The van der Waals surface area contributed by atoms with Crippen molar-refractivity contribution in [1.29, 1.82) is 0 Å². The second kappa shape index (κ2) is 9.80. The summed E-state index contributed by atoms with van der Waals surface area (Å²) in [7, 11) is 1.56. The van der Waals surface area contributed by atoms with Gasteiger partial charge in [-0.05, 0) is 44.9 Å². The minimum Gasteiger partial charge on any atom is -0.493 e. The highest BCUT2D eigenvalue weighted by Gasteiger charge is 2.16. The summed E-state index contributed by atoms with van der Waals surface area (Å²) < 4.78 is 11.0. The minimum atomic E-state index is -0.312. The van der Waals surface area contributed by atoms with Gasteiger partial charge < -0.3 is 20.1 Å². The normalized spacial score (nSPS) is 12.4. The largest absolute Gasteiger partial charge is 0.493 e. The molecule has 0 saturated carbocycles. The third-order valence-electron chi connectivity index (χ3n) is 4.10. The molecule has 6 heteroatoms. The van der Waals surface area contributed by atoms with E-state index < -0.39 is 0 Å². The Morgan fingerprint density at radius 3 is 2.43 bits per heavy atom. The van der Waals surface area contributed by atoms with Gasteiger partial charge in [0.25, 0.3) is 5.91 Å². The molecule has 0 aliphatic carbocycles. The number of amides is 1. The number of halogens is 1. The summed E-state index contributed by atoms with van der Waals surface area (Å²) in [4.78, 5) is 12.0. The Bertz CT molecular complexity index is 788. The molecule has 0 aliphatic rings. The molecule has 0 aliphatic heterocycles. The Morgan fingerprint density at radius 1 is 1.14 bits per heavy atom. The zero-order valence-corrected chi connectivity index (χ0v) is 17.9. The quantitative estimate of drug-likeness (QED) is 0.680. The topological polar surface area (TPSA) is 59.6 Å². The monoisotopic (exact) mass is 404 g/mol. The van der Waals surface area contributed by atoms with Gasteiger partial charge >= 0.3 is 0 Å². The molecule has 0 saturated heterocycles. The van der Waals surface area contributed by atoms with Gasteiger partial charge in [-0.25, -0.2) is 0 Å². The molecule has 2 aromatic carbocycles. The van der Waals surface area contributed by atoms with E-state index in [4.69, 9.17) is 21.1 Å². The Kier molecular flexibility index (Phi) is 7.72. The van der Waals surface area contributed by atoms with E-state index >= 15 is 0 Å². The summed E-state index contributed by atoms with van der Waals surface area (Å²) in [6.07, 6.45) is 0. The minimum absolute atomic E-state index is 0.105. The second-order valence-corrected chi connectivity index (χ2v) is 8.10. The van der Waals surface area contributed by atoms with Gasteiger partial charge in [-0.3, -0.25) is 4.79 Å². The lowest BCUT2D eigenvalue weighted by molar-refractivity contribution is -0.124. The van der Waals surface area contributed by atoms with Crippen LogP contribution in [0.15, 0.2) is 42.5 Å². The summed E-state index contributed by atoms with van der Waals surface area (Å²) in [5, 5.41) is 6.87. The number of ether oxygens (including phenoxy) is 2. The van der Waals surface area contributed by atoms with Gasteiger partial charge in [-0.15, -0.1) is 0 Å². The van der Waals surface area contributed by atoms with E-state index in [1.807, 2.05) is 45.0 Å². The number of carbonyl (C=O) groups excluding carboxylic acids is 1. The van der Waals surface area contributed by atoms with E-state index in [0.29, 0.717) is 23.1 Å². The molecule has 2 rings (SSSR count). The van der Waals surface area contributed by atoms with E-state index in [2.05, 4.69) is 29.7 Å². The van der Waals surface area contributed by atoms with Crippen LogP contribution in [-0.4, -0.2) is 25.2 Å². The first-order chi connectivity index (χ1) is 13.2. The maximum Gasteiger partial charge on any atom is 0.258 e. The van der Waals surface area contributed by atoms with Gasteiger partial charge in [0.05, 0.1) is 7.11 Å². The molecule has 0 heterocycles. The molecular formula is C22H29ClN2O3. The SMILES string of the molecule is COc1cc(CNC(C)c2ccccc2)c(Cl)cc1OCC(=O)NC(C)(C)C. The summed E-state index contributed by atoms with van der Waals surface area (Å²) in [6.45, 7) is 8.33. The zero-order valence-electron chi connectivity index (χ0n) is 17.1. The molecule has 0 aromatic heterocycles. The smallest absolute Gasteiger partial charge is 0.258 e. The van der Waals surface area contributed by atoms with Crippen LogP contribution in [0.3, 0.4) is 0 Å². The van der Waals surface area contributed by atoms with Crippen molar-refractivity contribution in [2.45, 2.75) is 45.8 Å². The van der Waals surface area contributed by atoms with Crippen LogP contribution in [0, 0.1) is 0 Å². The fourth-order valence-corrected chi connectivity index (χ4v) is 2.93. The van der Waals surface area contributed by atoms with Crippen LogP contribution < -0.4 is 20.1 Å². The summed E-state index contributed by atoms with van der Waals surface area (Å²) in [6, 6.07) is 13.9. The highest BCUT2D eigenvalue weighted by Crippen LogP contribution is 2.33. The Labute approximate surface area is 172 Å². The van der Waals surface area contributed by atoms with Crippen molar-refractivity contribution in [2.75, 3.05) is 13.7 Å². The predicted octanol–water partition coefficient (Wildman–Crippen LogP) is 4.49. The molecule has 1 unspecified atom stereocenters. The van der Waals surface area contributed by atoms with Gasteiger partial charge in [0, 0.05) is 29.2 Å². The van der Waals surface area contributed by atoms with Crippen molar-refractivity contribution in [3.63, 3.8) is 0 Å². The van der Waals surface area contributed by atoms with Crippen LogP contribution in [0.5, 0.6) is 11.5 Å². The van der Waals surface area contributed by atoms with Gasteiger partial charge in [0.1, 0.15) is 0 Å². The van der Waals surface area contributed by atoms with Crippen LogP contribution in [-0.2, 0) is 11.3 Å². The van der Waals surface area contributed by atoms with E-state index in [-0.39, 0.29) is 24.1 Å². The van der Waals surface area contributed by atoms with E-state index in [1.54, 1.807) is 13.2 Å². The van der Waals surface area contributed by atoms with Crippen molar-refractivity contribution in [1.82, 2.24) is 10.6 Å². The van der Waals surface area contributed by atoms with Gasteiger partial charge in [0.15, 0.2) is 18.1 Å². The standard InChI is InChI=1S/C22H29ClN2O3/c1-15(16-9-7-6-8-10-16)24-13-17-11-19(27-5)20(12-18(17)23)28-14-21(26)25-22(2,3)4/h6-12,15,24H,13-14H2,1-5H3,(H,25,26). The number of benzene rings is 2. The fourth-order valence-electron chi connectivity index (χ4n) is 2.71. The van der Waals surface area contributed by atoms with Gasteiger partial charge in [-0.1, -0.05) is 41.9 Å². The third kappa shape index (κ3) is 6.73. The molecule has 1 amide bonds. The lowest BCUT2D eigenvalue weighted by Gasteiger charge is -2.21. The average Bonchev–Trinajstić information content (AvgIpc) is 2.64. The first-order valence-corrected chi connectivity index (χ1v) is 9.66. The van der Waals surface area contributed by atoms with E-state index in [0.717, 1.165) is 5.56 Å². The highest BCUT2D eigenvalue weighted by atomic mass is 35.5. The number of rotatable bonds is 8. The maximum atomic E-state index is 12.0. The molecule has 0 bridgehead atoms. The summed E-state index contributed by atoms with van der Waals surface area (Å²) in [5.74, 6) is 0.779. The first kappa shape index (κ1) is 22.1. The van der Waals surface area contributed by atoms with Crippen molar-refractivity contribution in [3.05, 3.63) is 58.6 Å². The lowest BCUT2D eigenvalue weighted by Crippen LogP contribution is -2.43. The highest BCUT2D eigenvalue weighted by molar-refractivity contribution is 6.31. The van der Waals surface area contributed by atoms with Crippen molar-refractivity contribution in [2.24, 2.45) is 0 Å². The molecule has 5 nitrogen and oxygen atoms in total. The molecular weight excluding hydrogens is 376 g/mol. The van der Waals surface area contributed by atoms with Gasteiger partial charge in [0.2, 0.25) is 0 Å². The van der Waals surface area contributed by atoms with Crippen molar-refractivity contribution < 1.29 is 14.3 Å². The first-order valence-electron chi connectivity index (χ1n) is 9.28. The lowest BCUT2D eigenvalue weighted by atomic mass is 10.1. The Hall–Kier alpha value is -2.24. The number of methoxy groups -OCH3 is 1. The molecule has 0 spiro atoms. The molecule has 152 valence electrons. The summed E-state index contributed by atoms with van der Waals surface area (Å²) in [5.41, 5.74) is 1.79. The Morgan fingerprint density at radius 2 is 1.82 bits per heavy atom. The summed E-state index contributed by atoms with van der Waals surface area (Å²) >= 11 is 6.43. The molecule has 0 radical (unpaired) electrons. The van der Waals surface area contributed by atoms with Crippen LogP contribution in [0.2, 0.25) is 5.02 Å². The molecule has 2 N–H and O–H groups in total. The number of hydrogen-bond donors (Lipinski definition) is 2. The predicted molar refractivity (Wildman–Crippen MR) is 113 cm³/mol.